The summed E-state index contributed by atoms with van der Waals surface area (Å²) in [6, 6.07) is 13.4. The molecule has 2 aromatic carbocycles. The van der Waals surface area contributed by atoms with Crippen molar-refractivity contribution in [3.05, 3.63) is 53.1 Å². The molecule has 0 saturated carbocycles. The van der Waals surface area contributed by atoms with Crippen LogP contribution in [-0.2, 0) is 0 Å². The molecule has 0 saturated heterocycles. The van der Waals surface area contributed by atoms with Gasteiger partial charge in [-0.05, 0) is 36.9 Å². The van der Waals surface area contributed by atoms with Crippen LogP contribution in [0.5, 0.6) is 17.2 Å². The Labute approximate surface area is 128 Å². The summed E-state index contributed by atoms with van der Waals surface area (Å²) in [5.74, 6) is 2.23. The highest BCUT2D eigenvalue weighted by Crippen LogP contribution is 2.34. The van der Waals surface area contributed by atoms with Gasteiger partial charge < -0.3 is 19.5 Å². The second-order valence-electron chi connectivity index (χ2n) is 4.70. The lowest BCUT2D eigenvalue weighted by atomic mass is 10.1. The summed E-state index contributed by atoms with van der Waals surface area (Å²) in [6.45, 7) is 0.749. The molecule has 5 heteroatoms. The molecule has 110 valence electrons. The maximum Gasteiger partial charge on any atom is 0.231 e. The topological polar surface area (TPSA) is 39.7 Å². The van der Waals surface area contributed by atoms with Gasteiger partial charge in [-0.15, -0.1) is 0 Å². The number of likely N-dealkylation sites (N-methyl/N-ethyl adjacent to an activating group) is 1. The second kappa shape index (κ2) is 6.24. The van der Waals surface area contributed by atoms with Gasteiger partial charge in [0.15, 0.2) is 11.5 Å². The lowest BCUT2D eigenvalue weighted by molar-refractivity contribution is 0.174. The number of rotatable bonds is 5. The van der Waals surface area contributed by atoms with Crippen LogP contribution < -0.4 is 19.5 Å². The van der Waals surface area contributed by atoms with Gasteiger partial charge >= 0.3 is 0 Å². The van der Waals surface area contributed by atoms with Gasteiger partial charge in [0.25, 0.3) is 0 Å². The summed E-state index contributed by atoms with van der Waals surface area (Å²) < 4.78 is 16.5. The van der Waals surface area contributed by atoms with E-state index >= 15 is 0 Å². The highest BCUT2D eigenvalue weighted by Gasteiger charge is 2.17. The highest BCUT2D eigenvalue weighted by molar-refractivity contribution is 6.32. The average molecular weight is 306 g/mol. The minimum atomic E-state index is 0.0378. The third-order valence-corrected chi connectivity index (χ3v) is 3.70. The molecule has 1 heterocycles. The summed E-state index contributed by atoms with van der Waals surface area (Å²) in [5.41, 5.74) is 1.08. The lowest BCUT2D eigenvalue weighted by Crippen LogP contribution is -2.23. The molecule has 1 atom stereocenters. The van der Waals surface area contributed by atoms with Crippen molar-refractivity contribution in [1.29, 1.82) is 0 Å². The average Bonchev–Trinajstić information content (AvgIpc) is 2.97. The first-order valence-corrected chi connectivity index (χ1v) is 7.10. The van der Waals surface area contributed by atoms with E-state index < -0.39 is 0 Å². The van der Waals surface area contributed by atoms with E-state index in [0.717, 1.165) is 17.1 Å². The zero-order chi connectivity index (χ0) is 14.7. The van der Waals surface area contributed by atoms with E-state index in [2.05, 4.69) is 5.32 Å². The SMILES string of the molecule is CNC(COc1ccccc1Cl)c1ccc2c(c1)OCO2. The predicted molar refractivity (Wildman–Crippen MR) is 81.3 cm³/mol. The molecule has 1 aliphatic heterocycles. The molecule has 0 bridgehead atoms. The van der Waals surface area contributed by atoms with Gasteiger partial charge in [-0.2, -0.15) is 0 Å². The van der Waals surface area contributed by atoms with Crippen molar-refractivity contribution in [1.82, 2.24) is 5.32 Å². The first-order chi connectivity index (χ1) is 10.3. The van der Waals surface area contributed by atoms with Crippen molar-refractivity contribution in [3.63, 3.8) is 0 Å². The van der Waals surface area contributed by atoms with E-state index in [1.807, 2.05) is 49.5 Å². The number of hydrogen-bond acceptors (Lipinski definition) is 4. The largest absolute Gasteiger partial charge is 0.490 e. The maximum absolute atomic E-state index is 6.09. The minimum absolute atomic E-state index is 0.0378. The zero-order valence-corrected chi connectivity index (χ0v) is 12.4. The van der Waals surface area contributed by atoms with Crippen molar-refractivity contribution < 1.29 is 14.2 Å². The highest BCUT2D eigenvalue weighted by atomic mass is 35.5. The Kier molecular flexibility index (Phi) is 4.18. The van der Waals surface area contributed by atoms with Gasteiger partial charge in [-0.3, -0.25) is 0 Å². The van der Waals surface area contributed by atoms with Crippen molar-refractivity contribution in [2.24, 2.45) is 0 Å². The zero-order valence-electron chi connectivity index (χ0n) is 11.6. The molecule has 4 nitrogen and oxygen atoms in total. The van der Waals surface area contributed by atoms with Gasteiger partial charge in [0.1, 0.15) is 12.4 Å². The van der Waals surface area contributed by atoms with Crippen LogP contribution in [0, 0.1) is 0 Å². The molecular formula is C16H16ClNO3. The Morgan fingerprint density at radius 3 is 2.81 bits per heavy atom. The van der Waals surface area contributed by atoms with E-state index in [-0.39, 0.29) is 12.8 Å². The molecule has 0 aromatic heterocycles. The Hall–Kier alpha value is -1.91. The van der Waals surface area contributed by atoms with E-state index in [9.17, 15) is 0 Å². The second-order valence-corrected chi connectivity index (χ2v) is 5.10. The minimum Gasteiger partial charge on any atom is -0.490 e. The van der Waals surface area contributed by atoms with E-state index in [4.69, 9.17) is 25.8 Å². The summed E-state index contributed by atoms with van der Waals surface area (Å²) >= 11 is 6.09. The fourth-order valence-corrected chi connectivity index (χ4v) is 2.40. The Morgan fingerprint density at radius 2 is 2.00 bits per heavy atom. The van der Waals surface area contributed by atoms with Crippen molar-refractivity contribution in [2.45, 2.75) is 6.04 Å². The van der Waals surface area contributed by atoms with Crippen LogP contribution in [0.2, 0.25) is 5.02 Å². The Morgan fingerprint density at radius 1 is 1.19 bits per heavy atom. The van der Waals surface area contributed by atoms with Crippen molar-refractivity contribution in [3.8, 4) is 17.2 Å². The predicted octanol–water partition coefficient (Wildman–Crippen LogP) is 3.41. The number of ether oxygens (including phenoxy) is 3. The van der Waals surface area contributed by atoms with Crippen molar-refractivity contribution >= 4 is 11.6 Å². The van der Waals surface area contributed by atoms with Crippen LogP contribution in [-0.4, -0.2) is 20.4 Å². The van der Waals surface area contributed by atoms with E-state index in [1.165, 1.54) is 0 Å². The van der Waals surface area contributed by atoms with Crippen LogP contribution in [0.1, 0.15) is 11.6 Å². The molecule has 2 aromatic rings. The molecule has 3 rings (SSSR count). The third-order valence-electron chi connectivity index (χ3n) is 3.39. The molecule has 1 aliphatic rings. The van der Waals surface area contributed by atoms with Crippen LogP contribution in [0.15, 0.2) is 42.5 Å². The Balaban J connectivity index is 1.72. The normalized spacial score (nSPS) is 14.0. The van der Waals surface area contributed by atoms with Gasteiger partial charge in [0.05, 0.1) is 11.1 Å². The summed E-state index contributed by atoms with van der Waals surface area (Å²) in [7, 11) is 1.89. The quantitative estimate of drug-likeness (QED) is 0.919. The summed E-state index contributed by atoms with van der Waals surface area (Å²) in [6.07, 6.45) is 0. The Bertz CT molecular complexity index is 633. The molecule has 0 amide bonds. The van der Waals surface area contributed by atoms with Gasteiger partial charge in [-0.25, -0.2) is 0 Å². The van der Waals surface area contributed by atoms with Crippen LogP contribution in [0.25, 0.3) is 0 Å². The number of hydrogen-bond donors (Lipinski definition) is 1. The fourth-order valence-electron chi connectivity index (χ4n) is 2.21. The van der Waals surface area contributed by atoms with E-state index in [1.54, 1.807) is 0 Å². The summed E-state index contributed by atoms with van der Waals surface area (Å²) in [4.78, 5) is 0. The standard InChI is InChI=1S/C16H16ClNO3/c1-18-13(9-19-14-5-3-2-4-12(14)17)11-6-7-15-16(8-11)21-10-20-15/h2-8,13,18H,9-10H2,1H3. The fraction of sp³-hybridized carbons (Fsp3) is 0.250. The molecular weight excluding hydrogens is 290 g/mol. The third kappa shape index (κ3) is 3.06. The molecule has 0 aliphatic carbocycles. The monoisotopic (exact) mass is 305 g/mol. The van der Waals surface area contributed by atoms with Crippen molar-refractivity contribution in [2.75, 3.05) is 20.4 Å². The lowest BCUT2D eigenvalue weighted by Gasteiger charge is -2.18. The first kappa shape index (κ1) is 14.0. The first-order valence-electron chi connectivity index (χ1n) is 6.72. The molecule has 0 fully saturated rings. The van der Waals surface area contributed by atoms with Gasteiger partial charge in [-0.1, -0.05) is 29.8 Å². The maximum atomic E-state index is 6.09. The van der Waals surface area contributed by atoms with Crippen LogP contribution >= 0.6 is 11.6 Å². The molecule has 1 N–H and O–H groups in total. The summed E-state index contributed by atoms with van der Waals surface area (Å²) in [5, 5.41) is 3.84. The van der Waals surface area contributed by atoms with E-state index in [0.29, 0.717) is 17.4 Å². The number of benzene rings is 2. The number of fused-ring (bicyclic) bond motifs is 1. The van der Waals surface area contributed by atoms with Crippen LogP contribution in [0.3, 0.4) is 0 Å². The van der Waals surface area contributed by atoms with Gasteiger partial charge in [0, 0.05) is 0 Å². The van der Waals surface area contributed by atoms with Crippen LogP contribution in [0.4, 0.5) is 0 Å². The number of halogens is 1. The molecule has 0 spiro atoms. The number of nitrogens with one attached hydrogen (secondary N) is 1. The molecule has 21 heavy (non-hydrogen) atoms. The van der Waals surface area contributed by atoms with Gasteiger partial charge in [0.2, 0.25) is 6.79 Å². The smallest absolute Gasteiger partial charge is 0.231 e. The molecule has 1 unspecified atom stereocenters. The molecule has 0 radical (unpaired) electrons. The number of para-hydroxylation sites is 1.